The maximum atomic E-state index is 12.8. The minimum absolute atomic E-state index is 0.0194. The SMILES string of the molecule is COc1ccc(S(=O)(=O)CCOS(=O)(=O)[O-])cc1Nc1nc(Cl)nc(Nc2cc(S(=O)(=O)[O-])cc3cc(S(=O)(=O)[O-])c(N=Nc4ccc(C)cc4S(=O)(=O)[O-])c(O)c23)n1. The Morgan fingerprint density at radius 3 is 1.92 bits per heavy atom. The van der Waals surface area contributed by atoms with Crippen LogP contribution in [0.2, 0.25) is 5.28 Å². The molecule has 0 aliphatic carbocycles. The third kappa shape index (κ3) is 10.9. The van der Waals surface area contributed by atoms with Gasteiger partial charge in [0.05, 0.1) is 50.4 Å². The van der Waals surface area contributed by atoms with Gasteiger partial charge in [-0.2, -0.15) is 15.0 Å². The number of aromatic hydroxyl groups is 1. The second-order valence-corrected chi connectivity index (χ2v) is 19.2. The van der Waals surface area contributed by atoms with Crippen molar-refractivity contribution in [3.8, 4) is 11.5 Å². The van der Waals surface area contributed by atoms with Crippen LogP contribution >= 0.6 is 11.6 Å². The molecule has 5 rings (SSSR count). The molecular formula is C29H22ClN7O17S5-4. The number of ether oxygens (including phenoxy) is 1. The summed E-state index contributed by atoms with van der Waals surface area (Å²) < 4.78 is 176. The Kier molecular flexibility index (Phi) is 12.5. The number of aryl methyl sites for hydroxylation is 1. The number of rotatable bonds is 15. The van der Waals surface area contributed by atoms with Crippen molar-refractivity contribution in [3.05, 3.63) is 65.4 Å². The summed E-state index contributed by atoms with van der Waals surface area (Å²) in [7, 11) is -24.5. The number of azo groups is 1. The lowest BCUT2D eigenvalue weighted by Gasteiger charge is -2.18. The fourth-order valence-corrected chi connectivity index (χ4v) is 8.58. The molecule has 1 aromatic heterocycles. The Hall–Kier alpha value is -5.21. The Morgan fingerprint density at radius 1 is 0.729 bits per heavy atom. The lowest BCUT2D eigenvalue weighted by molar-refractivity contribution is 0.276. The van der Waals surface area contributed by atoms with E-state index in [2.05, 4.69) is 40.0 Å². The number of phenolic OH excluding ortho intramolecular Hbond substituents is 1. The van der Waals surface area contributed by atoms with E-state index in [-0.39, 0.29) is 11.4 Å². The standard InChI is InChI=1S/C29H26ClN7O17S5/c1-14-3-5-18(22(9-14)57(44,45)46)36-37-25-23(58(47,48)49)11-15-10-17(56(41,42)43)13-20(24(15)26(25)38)32-29-34-27(30)33-28(35-29)31-19-12-16(4-6-21(19)53-2)55(39,40)8-7-54-59(50,51)52/h3-6,9-13,38H,7-8H2,1-2H3,(H,41,42,43)(H,44,45,46)(H,47,48,49)(H,50,51,52)(H2,31,32,33,34,35)/p-4. The first-order valence-electron chi connectivity index (χ1n) is 15.4. The van der Waals surface area contributed by atoms with Gasteiger partial charge in [-0.1, -0.05) is 6.07 Å². The van der Waals surface area contributed by atoms with Crippen LogP contribution in [0.5, 0.6) is 11.5 Å². The van der Waals surface area contributed by atoms with Crippen molar-refractivity contribution in [1.29, 1.82) is 0 Å². The summed E-state index contributed by atoms with van der Waals surface area (Å²) >= 11 is 6.11. The third-order valence-corrected chi connectivity index (χ3v) is 12.4. The number of sulfone groups is 1. The normalized spacial score (nSPS) is 12.9. The van der Waals surface area contributed by atoms with E-state index in [0.29, 0.717) is 23.8 Å². The summed E-state index contributed by atoms with van der Waals surface area (Å²) in [6.45, 7) is 0.437. The summed E-state index contributed by atoms with van der Waals surface area (Å²) in [6.07, 6.45) is 0. The molecule has 30 heteroatoms. The topological polar surface area (TPSA) is 389 Å². The largest absolute Gasteiger partial charge is 0.744 e. The summed E-state index contributed by atoms with van der Waals surface area (Å²) in [4.78, 5) is 8.06. The third-order valence-electron chi connectivity index (χ3n) is 7.53. The molecule has 0 fully saturated rings. The molecule has 0 atom stereocenters. The molecule has 24 nitrogen and oxygen atoms in total. The number of hydrogen-bond acceptors (Lipinski definition) is 24. The quantitative estimate of drug-likeness (QED) is 0.0771. The molecule has 316 valence electrons. The summed E-state index contributed by atoms with van der Waals surface area (Å²) in [5.74, 6) is -3.24. The van der Waals surface area contributed by atoms with E-state index >= 15 is 0 Å². The number of nitrogens with one attached hydrogen (secondary N) is 2. The van der Waals surface area contributed by atoms with Gasteiger partial charge in [0.2, 0.25) is 27.6 Å². The van der Waals surface area contributed by atoms with E-state index in [1.54, 1.807) is 0 Å². The van der Waals surface area contributed by atoms with Crippen molar-refractivity contribution in [2.45, 2.75) is 26.5 Å². The average molecular weight is 936 g/mol. The minimum atomic E-state index is -5.63. The number of phenols is 1. The number of methoxy groups -OCH3 is 1. The van der Waals surface area contributed by atoms with Crippen LogP contribution in [0.4, 0.5) is 34.6 Å². The molecule has 0 unspecified atom stereocenters. The molecule has 59 heavy (non-hydrogen) atoms. The minimum Gasteiger partial charge on any atom is -0.744 e. The van der Waals surface area contributed by atoms with E-state index in [1.807, 2.05) is 0 Å². The van der Waals surface area contributed by atoms with Crippen LogP contribution in [0.15, 0.2) is 84.4 Å². The molecular weight excluding hydrogens is 914 g/mol. The molecule has 0 saturated carbocycles. The highest BCUT2D eigenvalue weighted by Gasteiger charge is 2.24. The van der Waals surface area contributed by atoms with Crippen LogP contribution in [-0.2, 0) is 54.8 Å². The first-order valence-corrected chi connectivity index (χ1v) is 23.0. The molecule has 0 aliphatic rings. The number of benzene rings is 4. The molecule has 0 saturated heterocycles. The highest BCUT2D eigenvalue weighted by molar-refractivity contribution is 7.91. The van der Waals surface area contributed by atoms with Crippen molar-refractivity contribution in [3.63, 3.8) is 0 Å². The first-order chi connectivity index (χ1) is 27.2. The predicted octanol–water partition coefficient (Wildman–Crippen LogP) is 2.57. The molecule has 4 aromatic carbocycles. The first kappa shape index (κ1) is 44.9. The van der Waals surface area contributed by atoms with Crippen LogP contribution in [0.3, 0.4) is 0 Å². The molecule has 0 amide bonds. The highest BCUT2D eigenvalue weighted by atomic mass is 35.5. The Morgan fingerprint density at radius 2 is 1.34 bits per heavy atom. The van der Waals surface area contributed by atoms with Crippen LogP contribution in [0, 0.1) is 6.92 Å². The number of aromatic nitrogens is 3. The second-order valence-electron chi connectivity index (χ2n) is 11.6. The zero-order valence-corrected chi connectivity index (χ0v) is 34.1. The summed E-state index contributed by atoms with van der Waals surface area (Å²) in [5, 5.41) is 21.9. The Balaban J connectivity index is 1.64. The van der Waals surface area contributed by atoms with Gasteiger partial charge in [0, 0.05) is 5.39 Å². The number of halogens is 1. The van der Waals surface area contributed by atoms with Crippen molar-refractivity contribution in [1.82, 2.24) is 15.0 Å². The molecule has 3 N–H and O–H groups in total. The van der Waals surface area contributed by atoms with Crippen molar-refractivity contribution in [2.75, 3.05) is 30.1 Å². The van der Waals surface area contributed by atoms with Gasteiger partial charge in [0.15, 0.2) is 15.6 Å². The van der Waals surface area contributed by atoms with E-state index in [4.69, 9.17) is 16.3 Å². The lowest BCUT2D eigenvalue weighted by atomic mass is 10.1. The van der Waals surface area contributed by atoms with Gasteiger partial charge in [-0.25, -0.2) is 42.1 Å². The number of nitrogens with zero attached hydrogens (tertiary/aromatic N) is 5. The average Bonchev–Trinajstić information content (AvgIpc) is 3.09. The number of anilines is 4. The number of fused-ring (bicyclic) bond motifs is 1. The molecule has 0 spiro atoms. The lowest BCUT2D eigenvalue weighted by Crippen LogP contribution is -2.16. The van der Waals surface area contributed by atoms with Crippen LogP contribution in [0.25, 0.3) is 10.8 Å². The van der Waals surface area contributed by atoms with Gasteiger partial charge in [-0.15, -0.1) is 10.2 Å². The molecule has 0 bridgehead atoms. The molecule has 0 radical (unpaired) electrons. The highest BCUT2D eigenvalue weighted by Crippen LogP contribution is 2.46. The summed E-state index contributed by atoms with van der Waals surface area (Å²) in [5.41, 5.74) is -2.19. The monoisotopic (exact) mass is 935 g/mol. The fourth-order valence-electron chi connectivity index (χ4n) is 5.04. The maximum Gasteiger partial charge on any atom is 0.233 e. The van der Waals surface area contributed by atoms with Gasteiger partial charge in [0.1, 0.15) is 47.5 Å². The summed E-state index contributed by atoms with van der Waals surface area (Å²) in [6, 6.07) is 8.29. The van der Waals surface area contributed by atoms with Crippen molar-refractivity contribution in [2.24, 2.45) is 10.2 Å². The Labute approximate surface area is 339 Å². The van der Waals surface area contributed by atoms with Gasteiger partial charge in [-0.05, 0) is 78.0 Å². The zero-order chi connectivity index (χ0) is 43.9. The molecule has 1 heterocycles. The van der Waals surface area contributed by atoms with E-state index in [9.17, 15) is 65.4 Å². The molecule has 0 aliphatic heterocycles. The van der Waals surface area contributed by atoms with E-state index in [0.717, 1.165) is 24.3 Å². The van der Waals surface area contributed by atoms with Gasteiger partial charge >= 0.3 is 0 Å². The van der Waals surface area contributed by atoms with E-state index < -0.39 is 133 Å². The van der Waals surface area contributed by atoms with Crippen molar-refractivity contribution < 1.29 is 74.3 Å². The fraction of sp³-hybridized carbons (Fsp3) is 0.138. The maximum absolute atomic E-state index is 12.8. The van der Waals surface area contributed by atoms with Crippen molar-refractivity contribution >= 4 is 108 Å². The number of hydrogen-bond donors (Lipinski definition) is 3. The van der Waals surface area contributed by atoms with Crippen LogP contribution in [-0.4, -0.2) is 99.8 Å². The van der Waals surface area contributed by atoms with Crippen LogP contribution in [0.1, 0.15) is 5.56 Å². The van der Waals surface area contributed by atoms with Gasteiger partial charge in [0.25, 0.3) is 0 Å². The second kappa shape index (κ2) is 16.4. The molecule has 5 aromatic rings. The zero-order valence-electron chi connectivity index (χ0n) is 29.2. The Bertz CT molecular complexity index is 3130. The smallest absolute Gasteiger partial charge is 0.233 e. The van der Waals surface area contributed by atoms with Gasteiger partial charge < -0.3 is 38.7 Å². The van der Waals surface area contributed by atoms with Gasteiger partial charge in [-0.3, -0.25) is 4.18 Å². The van der Waals surface area contributed by atoms with Crippen LogP contribution < -0.4 is 15.4 Å². The predicted molar refractivity (Wildman–Crippen MR) is 197 cm³/mol. The van der Waals surface area contributed by atoms with E-state index in [1.165, 1.54) is 26.2 Å².